The molecule has 3 rings (SSSR count). The first kappa shape index (κ1) is 9.58. The third-order valence-corrected chi connectivity index (χ3v) is 4.00. The van der Waals surface area contributed by atoms with Gasteiger partial charge in [0, 0.05) is 6.04 Å². The monoisotopic (exact) mass is 267 g/mol. The Hall–Kier alpha value is -0.640. The molecular weight excluding hydrogens is 254 g/mol. The lowest BCUT2D eigenvalue weighted by molar-refractivity contribution is 0.480. The summed E-state index contributed by atoms with van der Waals surface area (Å²) < 4.78 is 0.793. The molecule has 0 spiro atoms. The van der Waals surface area contributed by atoms with E-state index in [1.54, 1.807) is 12.4 Å². The summed E-state index contributed by atoms with van der Waals surface area (Å²) in [5, 5.41) is 3.49. The second-order valence-electron chi connectivity index (χ2n) is 4.51. The summed E-state index contributed by atoms with van der Waals surface area (Å²) in [6.07, 6.45) is 9.15. The quantitative estimate of drug-likeness (QED) is 0.896. The van der Waals surface area contributed by atoms with Crippen LogP contribution in [0.25, 0.3) is 0 Å². The number of anilines is 1. The van der Waals surface area contributed by atoms with Gasteiger partial charge in [0.25, 0.3) is 0 Å². The zero-order valence-corrected chi connectivity index (χ0v) is 10.1. The average molecular weight is 268 g/mol. The molecule has 2 aliphatic rings. The van der Waals surface area contributed by atoms with Gasteiger partial charge in [-0.05, 0) is 40.6 Å². The molecule has 1 heterocycles. The molecule has 3 nitrogen and oxygen atoms in total. The summed E-state index contributed by atoms with van der Waals surface area (Å²) in [5.41, 5.74) is 0. The van der Waals surface area contributed by atoms with E-state index in [9.17, 15) is 0 Å². The summed E-state index contributed by atoms with van der Waals surface area (Å²) >= 11 is 3.29. The van der Waals surface area contributed by atoms with E-state index in [1.165, 1.54) is 25.7 Å². The van der Waals surface area contributed by atoms with Crippen LogP contribution in [0, 0.1) is 11.8 Å². The Labute approximate surface area is 97.8 Å². The minimum atomic E-state index is 0.669. The van der Waals surface area contributed by atoms with Crippen LogP contribution in [-0.4, -0.2) is 16.0 Å². The van der Waals surface area contributed by atoms with Crippen LogP contribution in [-0.2, 0) is 0 Å². The third kappa shape index (κ3) is 1.87. The predicted octanol–water partition coefficient (Wildman–Crippen LogP) is 2.84. The Bertz CT molecular complexity index is 339. The Morgan fingerprint density at radius 1 is 1.13 bits per heavy atom. The number of fused-ring (bicyclic) bond motifs is 1. The molecule has 1 N–H and O–H groups in total. The van der Waals surface area contributed by atoms with E-state index < -0.39 is 0 Å². The fourth-order valence-electron chi connectivity index (χ4n) is 2.76. The molecule has 0 amide bonds. The van der Waals surface area contributed by atoms with E-state index in [2.05, 4.69) is 31.2 Å². The smallest absolute Gasteiger partial charge is 0.144 e. The SMILES string of the molecule is Brc1cnc(NC2C3CCCCC32)cn1. The van der Waals surface area contributed by atoms with E-state index in [4.69, 9.17) is 0 Å². The molecule has 1 aromatic heterocycles. The van der Waals surface area contributed by atoms with E-state index in [0.717, 1.165) is 22.3 Å². The van der Waals surface area contributed by atoms with Crippen LogP contribution in [0.4, 0.5) is 5.82 Å². The molecule has 0 saturated heterocycles. The van der Waals surface area contributed by atoms with Crippen LogP contribution in [0.2, 0.25) is 0 Å². The van der Waals surface area contributed by atoms with Crippen molar-refractivity contribution in [1.29, 1.82) is 0 Å². The van der Waals surface area contributed by atoms with E-state index >= 15 is 0 Å². The zero-order valence-electron chi connectivity index (χ0n) is 8.49. The lowest BCUT2D eigenvalue weighted by Gasteiger charge is -2.04. The van der Waals surface area contributed by atoms with Crippen LogP contribution < -0.4 is 5.32 Å². The normalized spacial score (nSPS) is 33.3. The van der Waals surface area contributed by atoms with Crippen LogP contribution in [0.1, 0.15) is 25.7 Å². The topological polar surface area (TPSA) is 37.8 Å². The molecule has 15 heavy (non-hydrogen) atoms. The first-order chi connectivity index (χ1) is 7.34. The minimum Gasteiger partial charge on any atom is -0.365 e. The van der Waals surface area contributed by atoms with Crippen molar-refractivity contribution in [2.75, 3.05) is 5.32 Å². The highest BCUT2D eigenvalue weighted by Crippen LogP contribution is 2.50. The summed E-state index contributed by atoms with van der Waals surface area (Å²) in [6, 6.07) is 0.669. The molecule has 80 valence electrons. The number of nitrogens with zero attached hydrogens (tertiary/aromatic N) is 2. The number of halogens is 1. The van der Waals surface area contributed by atoms with Gasteiger partial charge in [0.1, 0.15) is 10.4 Å². The third-order valence-electron chi connectivity index (χ3n) is 3.59. The zero-order chi connectivity index (χ0) is 10.3. The number of rotatable bonds is 2. The van der Waals surface area contributed by atoms with Crippen molar-refractivity contribution < 1.29 is 0 Å². The molecule has 2 fully saturated rings. The Morgan fingerprint density at radius 3 is 2.47 bits per heavy atom. The van der Waals surface area contributed by atoms with Gasteiger partial charge in [-0.15, -0.1) is 0 Å². The van der Waals surface area contributed by atoms with E-state index in [1.807, 2.05) is 0 Å². The van der Waals surface area contributed by atoms with Gasteiger partial charge in [0.15, 0.2) is 0 Å². The molecule has 0 aliphatic heterocycles. The maximum atomic E-state index is 4.30. The number of aromatic nitrogens is 2. The van der Waals surface area contributed by atoms with Gasteiger partial charge < -0.3 is 5.32 Å². The highest BCUT2D eigenvalue weighted by atomic mass is 79.9. The molecule has 1 aromatic rings. The largest absolute Gasteiger partial charge is 0.365 e. The van der Waals surface area contributed by atoms with Crippen molar-refractivity contribution in [2.45, 2.75) is 31.7 Å². The van der Waals surface area contributed by atoms with Gasteiger partial charge in [-0.25, -0.2) is 9.97 Å². The van der Waals surface area contributed by atoms with Gasteiger partial charge in [-0.3, -0.25) is 0 Å². The summed E-state index contributed by atoms with van der Waals surface area (Å²) in [6.45, 7) is 0. The molecule has 0 radical (unpaired) electrons. The van der Waals surface area contributed by atoms with Crippen molar-refractivity contribution >= 4 is 21.7 Å². The molecule has 4 heteroatoms. The molecule has 0 aromatic carbocycles. The standard InChI is InChI=1S/C11H14BrN3/c12-9-5-14-10(6-13-9)15-11-7-3-1-2-4-8(7)11/h5-8,11H,1-4H2,(H,14,15). The van der Waals surface area contributed by atoms with Gasteiger partial charge in [0.2, 0.25) is 0 Å². The average Bonchev–Trinajstić information content (AvgIpc) is 2.96. The summed E-state index contributed by atoms with van der Waals surface area (Å²) in [5.74, 6) is 2.73. The van der Waals surface area contributed by atoms with Crippen molar-refractivity contribution in [2.24, 2.45) is 11.8 Å². The second-order valence-corrected chi connectivity index (χ2v) is 5.32. The van der Waals surface area contributed by atoms with Gasteiger partial charge in [0.05, 0.1) is 12.4 Å². The maximum absolute atomic E-state index is 4.30. The van der Waals surface area contributed by atoms with Gasteiger partial charge >= 0.3 is 0 Å². The molecule has 2 atom stereocenters. The van der Waals surface area contributed by atoms with Crippen molar-refractivity contribution in [3.63, 3.8) is 0 Å². The van der Waals surface area contributed by atoms with Gasteiger partial charge in [-0.2, -0.15) is 0 Å². The Morgan fingerprint density at radius 2 is 1.87 bits per heavy atom. The van der Waals surface area contributed by atoms with Gasteiger partial charge in [-0.1, -0.05) is 12.8 Å². The first-order valence-corrected chi connectivity index (χ1v) is 6.38. The highest BCUT2D eigenvalue weighted by Gasteiger charge is 2.50. The maximum Gasteiger partial charge on any atom is 0.144 e. The van der Waals surface area contributed by atoms with E-state index in [-0.39, 0.29) is 0 Å². The number of hydrogen-bond acceptors (Lipinski definition) is 3. The number of nitrogens with one attached hydrogen (secondary N) is 1. The predicted molar refractivity (Wildman–Crippen MR) is 62.6 cm³/mol. The second kappa shape index (κ2) is 3.74. The number of hydrogen-bond donors (Lipinski definition) is 1. The Kier molecular flexibility index (Phi) is 2.39. The van der Waals surface area contributed by atoms with Crippen molar-refractivity contribution in [3.8, 4) is 0 Å². The molecular formula is C11H14BrN3. The molecule has 2 saturated carbocycles. The molecule has 2 aliphatic carbocycles. The molecule has 0 bridgehead atoms. The van der Waals surface area contributed by atoms with Crippen LogP contribution >= 0.6 is 15.9 Å². The van der Waals surface area contributed by atoms with E-state index in [0.29, 0.717) is 6.04 Å². The summed E-state index contributed by atoms with van der Waals surface area (Å²) in [7, 11) is 0. The van der Waals surface area contributed by atoms with Crippen molar-refractivity contribution in [1.82, 2.24) is 9.97 Å². The minimum absolute atomic E-state index is 0.669. The van der Waals surface area contributed by atoms with Crippen LogP contribution in [0.3, 0.4) is 0 Å². The Balaban J connectivity index is 1.64. The molecule has 2 unspecified atom stereocenters. The lowest BCUT2D eigenvalue weighted by atomic mass is 10.0. The summed E-state index contributed by atoms with van der Waals surface area (Å²) in [4.78, 5) is 8.46. The van der Waals surface area contributed by atoms with Crippen LogP contribution in [0.5, 0.6) is 0 Å². The van der Waals surface area contributed by atoms with Crippen molar-refractivity contribution in [3.05, 3.63) is 17.0 Å². The first-order valence-electron chi connectivity index (χ1n) is 5.59. The highest BCUT2D eigenvalue weighted by molar-refractivity contribution is 9.10. The lowest BCUT2D eigenvalue weighted by Crippen LogP contribution is -2.07. The fraction of sp³-hybridized carbons (Fsp3) is 0.636. The fourth-order valence-corrected chi connectivity index (χ4v) is 2.97. The van der Waals surface area contributed by atoms with Crippen LogP contribution in [0.15, 0.2) is 17.0 Å².